The highest BCUT2D eigenvalue weighted by Crippen LogP contribution is 2.27. The van der Waals surface area contributed by atoms with Crippen LogP contribution in [0.15, 0.2) is 140 Å². The van der Waals surface area contributed by atoms with Crippen LogP contribution in [0.5, 0.6) is 0 Å². The molecule has 0 atom stereocenters. The van der Waals surface area contributed by atoms with E-state index < -0.39 is 0 Å². The van der Waals surface area contributed by atoms with Crippen molar-refractivity contribution < 1.29 is 0 Å². The Morgan fingerprint density at radius 1 is 0.676 bits per heavy atom. The Hall–Kier alpha value is -3.90. The minimum Gasteiger partial charge on any atom is -0.0918 e. The molecule has 0 amide bonds. The summed E-state index contributed by atoms with van der Waals surface area (Å²) in [5.74, 6) is 0. The first-order valence-corrected chi connectivity index (χ1v) is 11.8. The van der Waals surface area contributed by atoms with E-state index in [1.54, 1.807) is 0 Å². The molecule has 0 radical (unpaired) electrons. The predicted octanol–water partition coefficient (Wildman–Crippen LogP) is 9.54. The molecule has 0 aromatic heterocycles. The topological polar surface area (TPSA) is 0 Å². The minimum absolute atomic E-state index is 0.914. The van der Waals surface area contributed by atoms with Gasteiger partial charge in [-0.2, -0.15) is 0 Å². The van der Waals surface area contributed by atoms with Gasteiger partial charge in [-0.1, -0.05) is 140 Å². The summed E-state index contributed by atoms with van der Waals surface area (Å²) in [6.45, 7) is 10.4. The van der Waals surface area contributed by atoms with Gasteiger partial charge in [0.05, 0.1) is 0 Å². The van der Waals surface area contributed by atoms with Crippen LogP contribution >= 0.6 is 0 Å². The number of benzene rings is 3. The summed E-state index contributed by atoms with van der Waals surface area (Å²) in [5, 5.41) is 0. The average molecular weight is 443 g/mol. The van der Waals surface area contributed by atoms with E-state index in [2.05, 4.69) is 99.3 Å². The first kappa shape index (κ1) is 24.7. The number of allylic oxidation sites excluding steroid dienone is 11. The molecule has 0 aliphatic carbocycles. The molecule has 0 saturated carbocycles. The van der Waals surface area contributed by atoms with E-state index in [0.29, 0.717) is 0 Å². The molecule has 0 nitrogen and oxygen atoms in total. The third-order valence-corrected chi connectivity index (χ3v) is 5.64. The van der Waals surface area contributed by atoms with Crippen molar-refractivity contribution in [1.82, 2.24) is 0 Å². The summed E-state index contributed by atoms with van der Waals surface area (Å²) in [5.41, 5.74) is 9.94. The lowest BCUT2D eigenvalue weighted by Gasteiger charge is -2.09. The third kappa shape index (κ3) is 7.60. The van der Waals surface area contributed by atoms with Crippen molar-refractivity contribution in [2.75, 3.05) is 0 Å². The van der Waals surface area contributed by atoms with Gasteiger partial charge in [-0.25, -0.2) is 0 Å². The Morgan fingerprint density at radius 2 is 1.29 bits per heavy atom. The fraction of sp³-hybridized carbons (Fsp3) is 0.118. The molecule has 3 aromatic rings. The first-order valence-electron chi connectivity index (χ1n) is 11.8. The van der Waals surface area contributed by atoms with Crippen LogP contribution in [-0.2, 0) is 6.42 Å². The molecule has 0 spiro atoms. The van der Waals surface area contributed by atoms with Crippen LogP contribution in [0.1, 0.15) is 23.6 Å². The van der Waals surface area contributed by atoms with Crippen LogP contribution in [0.3, 0.4) is 0 Å². The Bertz CT molecular complexity index is 1240. The molecule has 0 saturated heterocycles. The van der Waals surface area contributed by atoms with Crippen molar-refractivity contribution in [2.45, 2.75) is 27.2 Å². The van der Waals surface area contributed by atoms with E-state index in [-0.39, 0.29) is 0 Å². The molecule has 0 heterocycles. The quantitative estimate of drug-likeness (QED) is 0.289. The molecule has 34 heavy (non-hydrogen) atoms. The maximum Gasteiger partial charge on any atom is -0.00917 e. The second kappa shape index (κ2) is 13.0. The highest BCUT2D eigenvalue weighted by molar-refractivity contribution is 5.71. The van der Waals surface area contributed by atoms with Gasteiger partial charge in [0.25, 0.3) is 0 Å². The molecule has 0 aliphatic rings. The molecule has 0 heteroatoms. The summed E-state index contributed by atoms with van der Waals surface area (Å²) in [6.07, 6.45) is 21.3. The number of hydrogen-bond acceptors (Lipinski definition) is 0. The lowest BCUT2D eigenvalue weighted by molar-refractivity contribution is 1.21. The summed E-state index contributed by atoms with van der Waals surface area (Å²) in [4.78, 5) is 0. The van der Waals surface area contributed by atoms with Crippen molar-refractivity contribution in [1.29, 1.82) is 0 Å². The Labute approximate surface area is 205 Å². The lowest BCUT2D eigenvalue weighted by atomic mass is 9.96. The van der Waals surface area contributed by atoms with Gasteiger partial charge in [0, 0.05) is 0 Å². The van der Waals surface area contributed by atoms with Gasteiger partial charge in [-0.05, 0) is 66.1 Å². The normalized spacial score (nSPS) is 12.2. The largest absolute Gasteiger partial charge is 0.0918 e. The maximum atomic E-state index is 4.05. The van der Waals surface area contributed by atoms with Crippen LogP contribution in [0.25, 0.3) is 22.3 Å². The minimum atomic E-state index is 0.914. The second-order valence-electron chi connectivity index (χ2n) is 8.42. The van der Waals surface area contributed by atoms with E-state index in [1.165, 1.54) is 38.9 Å². The van der Waals surface area contributed by atoms with Crippen molar-refractivity contribution in [2.24, 2.45) is 0 Å². The van der Waals surface area contributed by atoms with Crippen molar-refractivity contribution in [3.63, 3.8) is 0 Å². The third-order valence-electron chi connectivity index (χ3n) is 5.64. The zero-order valence-corrected chi connectivity index (χ0v) is 20.5. The van der Waals surface area contributed by atoms with Gasteiger partial charge in [0.2, 0.25) is 0 Å². The van der Waals surface area contributed by atoms with E-state index in [0.717, 1.165) is 12.0 Å². The lowest BCUT2D eigenvalue weighted by Crippen LogP contribution is -1.89. The molecule has 3 aromatic carbocycles. The molecule has 170 valence electrons. The number of aryl methyl sites for hydroxylation is 2. The van der Waals surface area contributed by atoms with Crippen molar-refractivity contribution >= 4 is 0 Å². The Morgan fingerprint density at radius 3 is 1.94 bits per heavy atom. The van der Waals surface area contributed by atoms with E-state index in [1.807, 2.05) is 55.5 Å². The maximum absolute atomic E-state index is 4.05. The monoisotopic (exact) mass is 442 g/mol. The first-order chi connectivity index (χ1) is 16.6. The summed E-state index contributed by atoms with van der Waals surface area (Å²) in [7, 11) is 0. The highest BCUT2D eigenvalue weighted by atomic mass is 14.1. The van der Waals surface area contributed by atoms with Crippen LogP contribution in [-0.4, -0.2) is 0 Å². The number of hydrogen-bond donors (Lipinski definition) is 0. The van der Waals surface area contributed by atoms with Gasteiger partial charge < -0.3 is 0 Å². The molecule has 0 unspecified atom stereocenters. The standard InChI is InChI=1S/C34H34/c1-5-6-7-8-10-14-27(2)15-11-9-12-17-30-19-24-34(26-29(30)4)32-22-20-31(21-23-32)33-18-13-16-28(3)25-33/h5-16,18-26H,2,17H2,1,3-4H3/b6-5+,8-7-,12-9-,14-10-,15-11-. The van der Waals surface area contributed by atoms with Gasteiger partial charge in [-0.15, -0.1) is 0 Å². The molecular weight excluding hydrogens is 408 g/mol. The van der Waals surface area contributed by atoms with E-state index in [4.69, 9.17) is 0 Å². The van der Waals surface area contributed by atoms with Crippen LogP contribution < -0.4 is 0 Å². The van der Waals surface area contributed by atoms with Gasteiger partial charge in [0.15, 0.2) is 0 Å². The molecule has 0 aliphatic heterocycles. The summed E-state index contributed by atoms with van der Waals surface area (Å²) in [6, 6.07) is 24.3. The van der Waals surface area contributed by atoms with E-state index in [9.17, 15) is 0 Å². The predicted molar refractivity (Wildman–Crippen MR) is 151 cm³/mol. The second-order valence-corrected chi connectivity index (χ2v) is 8.42. The van der Waals surface area contributed by atoms with Gasteiger partial charge >= 0.3 is 0 Å². The molecule has 0 bridgehead atoms. The Kier molecular flexibility index (Phi) is 9.43. The van der Waals surface area contributed by atoms with Gasteiger partial charge in [-0.3, -0.25) is 0 Å². The fourth-order valence-electron chi connectivity index (χ4n) is 3.71. The molecule has 0 fully saturated rings. The van der Waals surface area contributed by atoms with Crippen molar-refractivity contribution in [3.8, 4) is 22.3 Å². The highest BCUT2D eigenvalue weighted by Gasteiger charge is 2.03. The average Bonchev–Trinajstić information content (AvgIpc) is 2.84. The van der Waals surface area contributed by atoms with Crippen molar-refractivity contribution in [3.05, 3.63) is 156 Å². The SMILES string of the molecule is C=C(\C=C/C=C\C=C\C)/C=C\C=C/Cc1ccc(-c2ccc(-c3cccc(C)c3)cc2)cc1C. The van der Waals surface area contributed by atoms with Gasteiger partial charge in [0.1, 0.15) is 0 Å². The summed E-state index contributed by atoms with van der Waals surface area (Å²) >= 11 is 0. The zero-order valence-electron chi connectivity index (χ0n) is 20.5. The molecule has 3 rings (SSSR count). The smallest absolute Gasteiger partial charge is 0.00917 e. The van der Waals surface area contributed by atoms with E-state index >= 15 is 0 Å². The number of rotatable bonds is 9. The zero-order chi connectivity index (χ0) is 24.2. The fourth-order valence-corrected chi connectivity index (χ4v) is 3.71. The van der Waals surface area contributed by atoms with Crippen LogP contribution in [0.4, 0.5) is 0 Å². The summed E-state index contributed by atoms with van der Waals surface area (Å²) < 4.78 is 0. The van der Waals surface area contributed by atoms with Crippen LogP contribution in [0.2, 0.25) is 0 Å². The Balaban J connectivity index is 1.58. The molecule has 0 N–H and O–H groups in total. The van der Waals surface area contributed by atoms with Crippen LogP contribution in [0, 0.1) is 13.8 Å². The molecular formula is C34H34.